The van der Waals surface area contributed by atoms with Crippen LogP contribution in [0.5, 0.6) is 5.75 Å². The summed E-state index contributed by atoms with van der Waals surface area (Å²) in [6.07, 6.45) is 6.40. The highest BCUT2D eigenvalue weighted by Crippen LogP contribution is 2.53. The molecule has 0 unspecified atom stereocenters. The molecular formula is C29H30FN5O3S. The zero-order valence-corrected chi connectivity index (χ0v) is 22.8. The van der Waals surface area contributed by atoms with E-state index in [4.69, 9.17) is 4.74 Å². The first-order valence-corrected chi connectivity index (χ1v) is 14.5. The largest absolute Gasteiger partial charge is 0.490 e. The first kappa shape index (κ1) is 25.6. The number of likely N-dealkylation sites (N-methyl/N-ethyl adjacent to an activating group) is 1. The van der Waals surface area contributed by atoms with Crippen LogP contribution in [0.15, 0.2) is 59.1 Å². The fourth-order valence-electron chi connectivity index (χ4n) is 6.23. The lowest BCUT2D eigenvalue weighted by Crippen LogP contribution is -2.41. The van der Waals surface area contributed by atoms with Gasteiger partial charge in [-0.1, -0.05) is 12.5 Å². The number of nitriles is 1. The third-order valence-corrected chi connectivity index (χ3v) is 10.4. The van der Waals surface area contributed by atoms with Crippen LogP contribution in [0.1, 0.15) is 31.0 Å². The minimum atomic E-state index is -3.92. The quantitative estimate of drug-likeness (QED) is 0.425. The topological polar surface area (TPSA) is 91.5 Å². The summed E-state index contributed by atoms with van der Waals surface area (Å²) < 4.78 is 49.9. The van der Waals surface area contributed by atoms with E-state index in [0.717, 1.165) is 48.4 Å². The number of hydrogen-bond donors (Lipinski definition) is 0. The lowest BCUT2D eigenvalue weighted by atomic mass is 9.70. The second-order valence-corrected chi connectivity index (χ2v) is 12.7. The van der Waals surface area contributed by atoms with E-state index in [1.54, 1.807) is 30.3 Å². The van der Waals surface area contributed by atoms with Crippen molar-refractivity contribution in [1.82, 2.24) is 14.1 Å². The Kier molecular flexibility index (Phi) is 6.24. The summed E-state index contributed by atoms with van der Waals surface area (Å²) in [4.78, 5) is 2.17. The fourth-order valence-corrected chi connectivity index (χ4v) is 7.63. The maximum Gasteiger partial charge on any atom is 0.244 e. The lowest BCUT2D eigenvalue weighted by Gasteiger charge is -2.37. The molecule has 1 fully saturated rings. The number of benzene rings is 2. The summed E-state index contributed by atoms with van der Waals surface area (Å²) in [5.41, 5.74) is 4.69. The minimum absolute atomic E-state index is 0.0363. The molecule has 1 aliphatic heterocycles. The molecule has 2 aromatic carbocycles. The number of allylic oxidation sites excluding steroid dienone is 1. The minimum Gasteiger partial charge on any atom is -0.490 e. The Balaban J connectivity index is 1.28. The number of fused-ring (bicyclic) bond motifs is 3. The normalized spacial score (nSPS) is 22.0. The molecule has 39 heavy (non-hydrogen) atoms. The highest BCUT2D eigenvalue weighted by atomic mass is 32.2. The SMILES string of the molecule is CN1CCOc2cc(S(=O)(=O)N(CC#N)C[C@H]3CCC4=Cc5c(cnn5-c5ccc(F)cc5)C[C@@]43C)ccc21. The van der Waals surface area contributed by atoms with E-state index in [0.29, 0.717) is 12.4 Å². The van der Waals surface area contributed by atoms with E-state index >= 15 is 0 Å². The molecule has 1 aromatic heterocycles. The number of hydrogen-bond acceptors (Lipinski definition) is 6. The van der Waals surface area contributed by atoms with Crippen LogP contribution in [0.3, 0.4) is 0 Å². The van der Waals surface area contributed by atoms with Crippen LogP contribution in [0.25, 0.3) is 11.8 Å². The van der Waals surface area contributed by atoms with Gasteiger partial charge in [-0.3, -0.25) is 0 Å². The molecular weight excluding hydrogens is 517 g/mol. The number of halogens is 1. The highest BCUT2D eigenvalue weighted by Gasteiger charge is 2.47. The van der Waals surface area contributed by atoms with Gasteiger partial charge in [0.1, 0.15) is 24.7 Å². The summed E-state index contributed by atoms with van der Waals surface area (Å²) in [5.74, 6) is 0.281. The second kappa shape index (κ2) is 9.50. The fraction of sp³-hybridized carbons (Fsp3) is 0.379. The van der Waals surface area contributed by atoms with Crippen molar-refractivity contribution in [2.24, 2.45) is 11.3 Å². The number of ether oxygens (including phenoxy) is 1. The van der Waals surface area contributed by atoms with Crippen molar-refractivity contribution in [3.05, 3.63) is 71.3 Å². The van der Waals surface area contributed by atoms with E-state index in [1.807, 2.05) is 22.8 Å². The number of rotatable bonds is 6. The first-order chi connectivity index (χ1) is 18.7. The molecule has 1 saturated carbocycles. The van der Waals surface area contributed by atoms with Crippen LogP contribution in [-0.4, -0.2) is 55.8 Å². The Bertz CT molecular complexity index is 1610. The zero-order valence-electron chi connectivity index (χ0n) is 22.0. The van der Waals surface area contributed by atoms with Crippen LogP contribution in [0.4, 0.5) is 10.1 Å². The molecule has 0 amide bonds. The van der Waals surface area contributed by atoms with Crippen molar-refractivity contribution in [2.45, 2.75) is 31.1 Å². The second-order valence-electron chi connectivity index (χ2n) is 10.8. The Labute approximate surface area is 228 Å². The molecule has 0 bridgehead atoms. The summed E-state index contributed by atoms with van der Waals surface area (Å²) in [5, 5.41) is 14.1. The van der Waals surface area contributed by atoms with Gasteiger partial charge in [0.25, 0.3) is 0 Å². The molecule has 6 rings (SSSR count). The third kappa shape index (κ3) is 4.30. The highest BCUT2D eigenvalue weighted by molar-refractivity contribution is 7.89. The van der Waals surface area contributed by atoms with Crippen LogP contribution < -0.4 is 9.64 Å². The third-order valence-electron chi connectivity index (χ3n) is 8.56. The number of sulfonamides is 1. The van der Waals surface area contributed by atoms with Crippen molar-refractivity contribution < 1.29 is 17.5 Å². The standard InChI is InChI=1S/C29H30FN5O3S/c1-29-17-20-18-32-35(24-7-5-23(30)6-8-24)27(20)15-21(29)3-4-22(29)19-34(12-11-31)39(36,37)25-9-10-26-28(16-25)38-14-13-33(26)2/h5-10,15-16,18,22H,3-4,12-14,17,19H2,1-2H3/t22-,29+/m1/s1. The van der Waals surface area contributed by atoms with Crippen molar-refractivity contribution in [3.8, 4) is 17.5 Å². The maximum atomic E-state index is 13.8. The molecule has 202 valence electrons. The van der Waals surface area contributed by atoms with Crippen molar-refractivity contribution in [2.75, 3.05) is 38.2 Å². The van der Waals surface area contributed by atoms with Gasteiger partial charge in [-0.05, 0) is 78.6 Å². The monoisotopic (exact) mass is 547 g/mol. The number of aromatic nitrogens is 2. The molecule has 2 aliphatic carbocycles. The molecule has 3 aromatic rings. The van der Waals surface area contributed by atoms with Gasteiger partial charge in [-0.15, -0.1) is 0 Å². The van der Waals surface area contributed by atoms with Gasteiger partial charge in [-0.25, -0.2) is 17.5 Å². The molecule has 10 heteroatoms. The Hall–Kier alpha value is -3.68. The smallest absolute Gasteiger partial charge is 0.244 e. The Morgan fingerprint density at radius 2 is 2.05 bits per heavy atom. The number of nitrogens with zero attached hydrogens (tertiary/aromatic N) is 5. The molecule has 3 aliphatic rings. The molecule has 0 radical (unpaired) electrons. The molecule has 2 heterocycles. The molecule has 2 atom stereocenters. The summed E-state index contributed by atoms with van der Waals surface area (Å²) in [7, 11) is -1.97. The molecule has 0 N–H and O–H groups in total. The average molecular weight is 548 g/mol. The van der Waals surface area contributed by atoms with Crippen LogP contribution in [0, 0.1) is 28.5 Å². The van der Waals surface area contributed by atoms with Gasteiger partial charge in [0.2, 0.25) is 10.0 Å². The summed E-state index contributed by atoms with van der Waals surface area (Å²) in [6.45, 7) is 3.45. The van der Waals surface area contributed by atoms with Crippen LogP contribution in [0.2, 0.25) is 0 Å². The predicted octanol–water partition coefficient (Wildman–Crippen LogP) is 4.41. The number of anilines is 1. The predicted molar refractivity (Wildman–Crippen MR) is 146 cm³/mol. The Morgan fingerprint density at radius 1 is 1.26 bits per heavy atom. The van der Waals surface area contributed by atoms with Gasteiger partial charge >= 0.3 is 0 Å². The van der Waals surface area contributed by atoms with Crippen molar-refractivity contribution in [1.29, 1.82) is 5.26 Å². The lowest BCUT2D eigenvalue weighted by molar-refractivity contribution is 0.227. The average Bonchev–Trinajstić information content (AvgIpc) is 3.46. The van der Waals surface area contributed by atoms with E-state index in [9.17, 15) is 18.1 Å². The Morgan fingerprint density at radius 3 is 2.82 bits per heavy atom. The van der Waals surface area contributed by atoms with Crippen molar-refractivity contribution in [3.63, 3.8) is 0 Å². The van der Waals surface area contributed by atoms with Crippen molar-refractivity contribution >= 4 is 21.8 Å². The molecule has 0 spiro atoms. The molecule has 0 saturated heterocycles. The van der Waals surface area contributed by atoms with Crippen LogP contribution in [-0.2, 0) is 16.4 Å². The van der Waals surface area contributed by atoms with Gasteiger partial charge in [0.05, 0.1) is 40.8 Å². The summed E-state index contributed by atoms with van der Waals surface area (Å²) >= 11 is 0. The van der Waals surface area contributed by atoms with E-state index in [2.05, 4.69) is 24.2 Å². The van der Waals surface area contributed by atoms with Gasteiger partial charge in [0.15, 0.2) is 0 Å². The first-order valence-electron chi connectivity index (χ1n) is 13.1. The van der Waals surface area contributed by atoms with Gasteiger partial charge < -0.3 is 9.64 Å². The van der Waals surface area contributed by atoms with E-state index in [1.165, 1.54) is 22.0 Å². The zero-order chi connectivity index (χ0) is 27.4. The summed E-state index contributed by atoms with van der Waals surface area (Å²) in [6, 6.07) is 13.3. The van der Waals surface area contributed by atoms with Gasteiger partial charge in [-0.2, -0.15) is 14.7 Å². The molecule has 8 nitrogen and oxygen atoms in total. The maximum absolute atomic E-state index is 13.8. The van der Waals surface area contributed by atoms with E-state index in [-0.39, 0.29) is 35.1 Å². The van der Waals surface area contributed by atoms with E-state index < -0.39 is 10.0 Å². The van der Waals surface area contributed by atoms with Gasteiger partial charge in [0, 0.05) is 19.7 Å². The van der Waals surface area contributed by atoms with Crippen LogP contribution >= 0.6 is 0 Å².